The van der Waals surface area contributed by atoms with Crippen molar-refractivity contribution in [2.45, 2.75) is 26.3 Å². The molecule has 1 atom stereocenters. The molecule has 0 saturated heterocycles. The smallest absolute Gasteiger partial charge is 0.261 e. The van der Waals surface area contributed by atoms with Gasteiger partial charge in [0, 0.05) is 22.8 Å². The Labute approximate surface area is 144 Å². The number of aliphatic hydroxyl groups excluding tert-OH is 1. The number of amides is 1. The molecule has 0 aliphatic carbocycles. The van der Waals surface area contributed by atoms with E-state index in [1.54, 1.807) is 19.9 Å². The second-order valence-corrected chi connectivity index (χ2v) is 6.26. The minimum Gasteiger partial charge on any atom is -0.394 e. The topological polar surface area (TPSA) is 98.0 Å². The molecule has 25 heavy (non-hydrogen) atoms. The van der Waals surface area contributed by atoms with Crippen LogP contribution in [0, 0.1) is 13.8 Å². The Balaban J connectivity index is 1.81. The number of hydrogen-bond acceptors (Lipinski definition) is 3. The molecule has 0 aliphatic heterocycles. The summed E-state index contributed by atoms with van der Waals surface area (Å²) < 4.78 is 0. The van der Waals surface area contributed by atoms with Crippen LogP contribution >= 0.6 is 0 Å². The molecule has 130 valence electrons. The van der Waals surface area contributed by atoms with Crippen molar-refractivity contribution in [3.05, 3.63) is 69.3 Å². The largest absolute Gasteiger partial charge is 0.394 e. The van der Waals surface area contributed by atoms with Crippen molar-refractivity contribution in [1.82, 2.24) is 15.3 Å². The monoisotopic (exact) mass is 339 g/mol. The Morgan fingerprint density at radius 2 is 2.04 bits per heavy atom. The third-order valence-corrected chi connectivity index (χ3v) is 4.29. The Morgan fingerprint density at radius 3 is 2.76 bits per heavy atom. The maximum Gasteiger partial charge on any atom is 0.261 e. The van der Waals surface area contributed by atoms with Crippen molar-refractivity contribution in [2.75, 3.05) is 6.61 Å². The number of hydrogen-bond donors (Lipinski definition) is 4. The quantitative estimate of drug-likeness (QED) is 0.570. The van der Waals surface area contributed by atoms with Crippen molar-refractivity contribution in [2.24, 2.45) is 0 Å². The van der Waals surface area contributed by atoms with E-state index >= 15 is 0 Å². The maximum absolute atomic E-state index is 12.5. The molecule has 6 heteroatoms. The van der Waals surface area contributed by atoms with Crippen LogP contribution in [-0.4, -0.2) is 33.6 Å². The summed E-state index contributed by atoms with van der Waals surface area (Å²) in [5.41, 5.74) is 3.00. The fourth-order valence-electron chi connectivity index (χ4n) is 3.12. The van der Waals surface area contributed by atoms with Crippen LogP contribution in [0.3, 0.4) is 0 Å². The highest BCUT2D eigenvalue weighted by Crippen LogP contribution is 2.19. The standard InChI is InChI=1S/C19H21N3O3/c1-11-7-12(2)21-18(24)17(11)19(25)22-14(10-23)8-13-9-20-16-6-4-3-5-15(13)16/h3-7,9,14,20,23H,8,10H2,1-2H3,(H,21,24)(H,22,25)/t14-/m0/s1. The summed E-state index contributed by atoms with van der Waals surface area (Å²) in [6.07, 6.45) is 2.35. The normalized spacial score (nSPS) is 12.3. The zero-order valence-electron chi connectivity index (χ0n) is 14.2. The van der Waals surface area contributed by atoms with Crippen molar-refractivity contribution in [3.8, 4) is 0 Å². The average Bonchev–Trinajstić information content (AvgIpc) is 2.96. The third kappa shape index (κ3) is 3.49. The molecule has 0 bridgehead atoms. The second-order valence-electron chi connectivity index (χ2n) is 6.26. The number of fused-ring (bicyclic) bond motifs is 1. The molecular formula is C19H21N3O3. The van der Waals surface area contributed by atoms with Gasteiger partial charge in [0.25, 0.3) is 11.5 Å². The Bertz CT molecular complexity index is 971. The number of aromatic amines is 2. The Hall–Kier alpha value is -2.86. The Morgan fingerprint density at radius 1 is 1.28 bits per heavy atom. The number of pyridine rings is 1. The van der Waals surface area contributed by atoms with Gasteiger partial charge in [0.15, 0.2) is 0 Å². The van der Waals surface area contributed by atoms with Crippen LogP contribution in [-0.2, 0) is 6.42 Å². The zero-order valence-corrected chi connectivity index (χ0v) is 14.2. The first-order valence-corrected chi connectivity index (χ1v) is 8.17. The van der Waals surface area contributed by atoms with Crippen molar-refractivity contribution in [1.29, 1.82) is 0 Å². The van der Waals surface area contributed by atoms with Crippen LogP contribution in [0.5, 0.6) is 0 Å². The number of rotatable bonds is 5. The van der Waals surface area contributed by atoms with Crippen molar-refractivity contribution in [3.63, 3.8) is 0 Å². The molecule has 0 radical (unpaired) electrons. The number of nitrogens with one attached hydrogen (secondary N) is 3. The first-order chi connectivity index (χ1) is 12.0. The number of aryl methyl sites for hydroxylation is 2. The van der Waals surface area contributed by atoms with Gasteiger partial charge >= 0.3 is 0 Å². The number of aromatic nitrogens is 2. The molecule has 2 aromatic heterocycles. The third-order valence-electron chi connectivity index (χ3n) is 4.29. The van der Waals surface area contributed by atoms with Crippen LogP contribution < -0.4 is 10.9 Å². The van der Waals surface area contributed by atoms with Gasteiger partial charge in [-0.1, -0.05) is 18.2 Å². The first-order valence-electron chi connectivity index (χ1n) is 8.17. The number of aliphatic hydroxyl groups is 1. The van der Waals surface area contributed by atoms with Gasteiger partial charge in [-0.2, -0.15) is 0 Å². The molecule has 6 nitrogen and oxygen atoms in total. The molecular weight excluding hydrogens is 318 g/mol. The fraction of sp³-hybridized carbons (Fsp3) is 0.263. The van der Waals surface area contributed by atoms with Gasteiger partial charge in [-0.05, 0) is 43.5 Å². The number of carbonyl (C=O) groups excluding carboxylic acids is 1. The van der Waals surface area contributed by atoms with Gasteiger partial charge in [0.1, 0.15) is 5.56 Å². The highest BCUT2D eigenvalue weighted by atomic mass is 16.3. The SMILES string of the molecule is Cc1cc(C)c(C(=O)N[C@H](CO)Cc2c[nH]c3ccccc23)c(=O)[nH]1. The van der Waals surface area contributed by atoms with Crippen LogP contribution in [0.15, 0.2) is 41.3 Å². The van der Waals surface area contributed by atoms with Gasteiger partial charge < -0.3 is 20.4 Å². The summed E-state index contributed by atoms with van der Waals surface area (Å²) in [6.45, 7) is 3.28. The first kappa shape index (κ1) is 17.0. The number of carbonyl (C=O) groups is 1. The maximum atomic E-state index is 12.5. The molecule has 1 amide bonds. The van der Waals surface area contributed by atoms with Gasteiger partial charge in [0.05, 0.1) is 12.6 Å². The minimum atomic E-state index is -0.480. The summed E-state index contributed by atoms with van der Waals surface area (Å²) in [4.78, 5) is 30.4. The van der Waals surface area contributed by atoms with Gasteiger partial charge in [-0.25, -0.2) is 0 Å². The van der Waals surface area contributed by atoms with E-state index in [4.69, 9.17) is 0 Å². The summed E-state index contributed by atoms with van der Waals surface area (Å²) in [5, 5.41) is 13.5. The summed E-state index contributed by atoms with van der Waals surface area (Å²) in [7, 11) is 0. The molecule has 0 fully saturated rings. The fourth-order valence-corrected chi connectivity index (χ4v) is 3.12. The highest BCUT2D eigenvalue weighted by Gasteiger charge is 2.19. The highest BCUT2D eigenvalue weighted by molar-refractivity contribution is 5.95. The molecule has 2 heterocycles. The zero-order chi connectivity index (χ0) is 18.0. The van der Waals surface area contributed by atoms with Gasteiger partial charge in [-0.3, -0.25) is 9.59 Å². The second kappa shape index (κ2) is 6.94. The number of H-pyrrole nitrogens is 2. The number of benzene rings is 1. The summed E-state index contributed by atoms with van der Waals surface area (Å²) in [6, 6.07) is 9.13. The van der Waals surface area contributed by atoms with E-state index in [9.17, 15) is 14.7 Å². The predicted molar refractivity (Wildman–Crippen MR) is 96.9 cm³/mol. The lowest BCUT2D eigenvalue weighted by Crippen LogP contribution is -2.41. The lowest BCUT2D eigenvalue weighted by Gasteiger charge is -2.16. The van der Waals surface area contributed by atoms with E-state index in [1.807, 2.05) is 30.5 Å². The van der Waals surface area contributed by atoms with Crippen molar-refractivity contribution >= 4 is 16.8 Å². The molecule has 0 aliphatic rings. The van der Waals surface area contributed by atoms with E-state index in [0.29, 0.717) is 17.7 Å². The van der Waals surface area contributed by atoms with E-state index in [0.717, 1.165) is 16.5 Å². The predicted octanol–water partition coefficient (Wildman–Crippen LogP) is 1.81. The van der Waals surface area contributed by atoms with Crippen LogP contribution in [0.25, 0.3) is 10.9 Å². The van der Waals surface area contributed by atoms with E-state index < -0.39 is 17.5 Å². The number of para-hydroxylation sites is 1. The van der Waals surface area contributed by atoms with Gasteiger partial charge in [-0.15, -0.1) is 0 Å². The van der Waals surface area contributed by atoms with E-state index in [2.05, 4.69) is 15.3 Å². The lowest BCUT2D eigenvalue weighted by atomic mass is 10.0. The molecule has 3 rings (SSSR count). The van der Waals surface area contributed by atoms with Crippen molar-refractivity contribution < 1.29 is 9.90 Å². The van der Waals surface area contributed by atoms with E-state index in [-0.39, 0.29) is 12.2 Å². The van der Waals surface area contributed by atoms with Crippen LogP contribution in [0.2, 0.25) is 0 Å². The van der Waals surface area contributed by atoms with E-state index in [1.165, 1.54) is 0 Å². The summed E-state index contributed by atoms with van der Waals surface area (Å²) in [5.74, 6) is -0.474. The molecule has 4 N–H and O–H groups in total. The lowest BCUT2D eigenvalue weighted by molar-refractivity contribution is 0.0914. The van der Waals surface area contributed by atoms with Crippen LogP contribution in [0.1, 0.15) is 27.2 Å². The van der Waals surface area contributed by atoms with Gasteiger partial charge in [0.2, 0.25) is 0 Å². The minimum absolute atomic E-state index is 0.0861. The molecule has 0 unspecified atom stereocenters. The summed E-state index contributed by atoms with van der Waals surface area (Å²) >= 11 is 0. The molecule has 3 aromatic rings. The molecule has 0 spiro atoms. The Kier molecular flexibility index (Phi) is 4.72. The van der Waals surface area contributed by atoms with Crippen LogP contribution in [0.4, 0.5) is 0 Å². The average molecular weight is 339 g/mol. The molecule has 1 aromatic carbocycles. The molecule has 0 saturated carbocycles.